The van der Waals surface area contributed by atoms with Crippen molar-refractivity contribution in [2.24, 2.45) is 0 Å². The van der Waals surface area contributed by atoms with Crippen LogP contribution in [0, 0.1) is 0 Å². The molecule has 1 atom stereocenters. The number of hydrogen-bond donors (Lipinski definition) is 3. The van der Waals surface area contributed by atoms with Crippen LogP contribution in [-0.2, 0) is 9.53 Å². The summed E-state index contributed by atoms with van der Waals surface area (Å²) < 4.78 is 5.44. The minimum absolute atomic E-state index is 0.144. The number of anilines is 1. The Morgan fingerprint density at radius 3 is 2.27 bits per heavy atom. The van der Waals surface area contributed by atoms with Gasteiger partial charge >= 0.3 is 11.7 Å². The maximum Gasteiger partial charge on any atom is 0.339 e. The van der Waals surface area contributed by atoms with Crippen LogP contribution in [0.1, 0.15) is 67.9 Å². The third-order valence-electron chi connectivity index (χ3n) is 5.02. The van der Waals surface area contributed by atoms with Crippen LogP contribution in [0.2, 0.25) is 0 Å². The number of ether oxygens (including phenoxy) is 1. The minimum atomic E-state index is -0.983. The second kappa shape index (κ2) is 8.57. The number of imidazole rings is 1. The van der Waals surface area contributed by atoms with Gasteiger partial charge in [0, 0.05) is 5.69 Å². The number of esters is 1. The van der Waals surface area contributed by atoms with Crippen molar-refractivity contribution in [3.05, 3.63) is 63.6 Å². The van der Waals surface area contributed by atoms with E-state index in [1.165, 1.54) is 6.92 Å². The van der Waals surface area contributed by atoms with Crippen LogP contribution < -0.4 is 11.0 Å². The number of carbonyl (C=O) groups is 2. The molecule has 30 heavy (non-hydrogen) atoms. The second-order valence-corrected chi connectivity index (χ2v) is 8.03. The number of hydrogen-bond acceptors (Lipinski definition) is 4. The molecule has 1 amide bonds. The third kappa shape index (κ3) is 4.62. The number of nitrogens with one attached hydrogen (secondary N) is 3. The van der Waals surface area contributed by atoms with E-state index >= 15 is 0 Å². The van der Waals surface area contributed by atoms with Gasteiger partial charge in [-0.25, -0.2) is 9.59 Å². The van der Waals surface area contributed by atoms with Gasteiger partial charge in [-0.2, -0.15) is 0 Å². The molecule has 0 saturated heterocycles. The molecule has 3 N–H and O–H groups in total. The van der Waals surface area contributed by atoms with Gasteiger partial charge in [-0.3, -0.25) is 4.79 Å². The Labute approximate surface area is 174 Å². The molecule has 0 unspecified atom stereocenters. The summed E-state index contributed by atoms with van der Waals surface area (Å²) in [7, 11) is 0. The fourth-order valence-corrected chi connectivity index (χ4v) is 3.24. The van der Waals surface area contributed by atoms with E-state index in [9.17, 15) is 14.4 Å². The van der Waals surface area contributed by atoms with Gasteiger partial charge in [0.2, 0.25) is 0 Å². The Morgan fingerprint density at radius 2 is 1.60 bits per heavy atom. The monoisotopic (exact) mass is 409 g/mol. The number of aromatic nitrogens is 2. The maximum atomic E-state index is 12.7. The van der Waals surface area contributed by atoms with Crippen molar-refractivity contribution in [1.82, 2.24) is 9.97 Å². The summed E-state index contributed by atoms with van der Waals surface area (Å²) in [6, 6.07) is 10.7. The predicted octanol–water partition coefficient (Wildman–Crippen LogP) is 4.29. The lowest BCUT2D eigenvalue weighted by Crippen LogP contribution is -2.30. The zero-order valence-electron chi connectivity index (χ0n) is 17.8. The van der Waals surface area contributed by atoms with Crippen molar-refractivity contribution in [2.75, 3.05) is 5.32 Å². The zero-order valence-corrected chi connectivity index (χ0v) is 17.8. The number of rotatable bonds is 6. The first-order valence-corrected chi connectivity index (χ1v) is 10.0. The Balaban J connectivity index is 1.72. The minimum Gasteiger partial charge on any atom is -0.449 e. The number of carbonyl (C=O) groups excluding carboxylic acids is 2. The van der Waals surface area contributed by atoms with Crippen molar-refractivity contribution in [1.29, 1.82) is 0 Å². The summed E-state index contributed by atoms with van der Waals surface area (Å²) in [6.45, 7) is 9.78. The van der Waals surface area contributed by atoms with E-state index < -0.39 is 18.0 Å². The lowest BCUT2D eigenvalue weighted by Gasteiger charge is -2.18. The van der Waals surface area contributed by atoms with Crippen LogP contribution >= 0.6 is 0 Å². The molecular formula is C23H27N3O4. The average molecular weight is 409 g/mol. The molecule has 0 radical (unpaired) electrons. The van der Waals surface area contributed by atoms with Gasteiger partial charge in [-0.1, -0.05) is 39.8 Å². The molecule has 0 spiro atoms. The molecule has 1 heterocycles. The normalized spacial score (nSPS) is 12.4. The molecule has 158 valence electrons. The molecule has 2 aromatic carbocycles. The highest BCUT2D eigenvalue weighted by Gasteiger charge is 2.22. The Bertz CT molecular complexity index is 1140. The van der Waals surface area contributed by atoms with Crippen LogP contribution in [0.15, 0.2) is 41.2 Å². The van der Waals surface area contributed by atoms with Crippen LogP contribution in [0.5, 0.6) is 0 Å². The van der Waals surface area contributed by atoms with Crippen LogP contribution in [0.4, 0.5) is 5.69 Å². The summed E-state index contributed by atoms with van der Waals surface area (Å²) in [5, 5.41) is 2.71. The molecule has 7 nitrogen and oxygen atoms in total. The molecule has 0 aliphatic heterocycles. The SMILES string of the molecule is CC(C)c1ccc(C(=O)O[C@@H](C)C(=O)Nc2ccc3[nH]c(=O)[nH]c3c2)c(C(C)C)c1. The highest BCUT2D eigenvalue weighted by Crippen LogP contribution is 2.26. The first kappa shape index (κ1) is 21.4. The van der Waals surface area contributed by atoms with Crippen molar-refractivity contribution >= 4 is 28.6 Å². The quantitative estimate of drug-likeness (QED) is 0.528. The molecule has 0 fully saturated rings. The van der Waals surface area contributed by atoms with Gasteiger partial charge < -0.3 is 20.0 Å². The summed E-state index contributed by atoms with van der Waals surface area (Å²) in [4.78, 5) is 41.9. The third-order valence-corrected chi connectivity index (χ3v) is 5.02. The first-order chi connectivity index (χ1) is 14.2. The highest BCUT2D eigenvalue weighted by atomic mass is 16.5. The van der Waals surface area contributed by atoms with E-state index in [2.05, 4.69) is 29.1 Å². The first-order valence-electron chi connectivity index (χ1n) is 10.0. The number of H-pyrrole nitrogens is 2. The van der Waals surface area contributed by atoms with Crippen LogP contribution in [0.3, 0.4) is 0 Å². The van der Waals surface area contributed by atoms with Crippen molar-refractivity contribution in [3.63, 3.8) is 0 Å². The predicted molar refractivity (Wildman–Crippen MR) is 117 cm³/mol. The molecule has 0 saturated carbocycles. The van der Waals surface area contributed by atoms with Gasteiger partial charge in [0.1, 0.15) is 0 Å². The van der Waals surface area contributed by atoms with Crippen molar-refractivity contribution < 1.29 is 14.3 Å². The van der Waals surface area contributed by atoms with E-state index in [1.807, 2.05) is 26.0 Å². The topological polar surface area (TPSA) is 104 Å². The van der Waals surface area contributed by atoms with Crippen LogP contribution in [0.25, 0.3) is 11.0 Å². The van der Waals surface area contributed by atoms with Gasteiger partial charge in [0.25, 0.3) is 5.91 Å². The van der Waals surface area contributed by atoms with E-state index in [1.54, 1.807) is 24.3 Å². The smallest absolute Gasteiger partial charge is 0.339 e. The Hall–Kier alpha value is -3.35. The van der Waals surface area contributed by atoms with E-state index in [0.29, 0.717) is 28.2 Å². The largest absolute Gasteiger partial charge is 0.449 e. The van der Waals surface area contributed by atoms with Gasteiger partial charge in [0.05, 0.1) is 16.6 Å². The van der Waals surface area contributed by atoms with Crippen molar-refractivity contribution in [3.8, 4) is 0 Å². The molecular weight excluding hydrogens is 382 g/mol. The number of fused-ring (bicyclic) bond motifs is 1. The summed E-state index contributed by atoms with van der Waals surface area (Å²) >= 11 is 0. The zero-order chi connectivity index (χ0) is 22.0. The molecule has 1 aromatic heterocycles. The summed E-state index contributed by atoms with van der Waals surface area (Å²) in [6.07, 6.45) is -0.983. The average Bonchev–Trinajstić information content (AvgIpc) is 3.06. The van der Waals surface area contributed by atoms with E-state index in [4.69, 9.17) is 4.74 Å². The maximum absolute atomic E-state index is 12.7. The van der Waals surface area contributed by atoms with E-state index in [0.717, 1.165) is 11.1 Å². The van der Waals surface area contributed by atoms with Gasteiger partial charge in [0.15, 0.2) is 6.10 Å². The molecule has 0 aliphatic carbocycles. The lowest BCUT2D eigenvalue weighted by atomic mass is 9.91. The Kier molecular flexibility index (Phi) is 6.10. The van der Waals surface area contributed by atoms with Crippen molar-refractivity contribution in [2.45, 2.75) is 52.6 Å². The molecule has 0 bridgehead atoms. The van der Waals surface area contributed by atoms with Gasteiger partial charge in [-0.05, 0) is 54.2 Å². The molecule has 0 aliphatic rings. The fraction of sp³-hybridized carbons (Fsp3) is 0.348. The lowest BCUT2D eigenvalue weighted by molar-refractivity contribution is -0.123. The number of benzene rings is 2. The fourth-order valence-electron chi connectivity index (χ4n) is 3.24. The summed E-state index contributed by atoms with van der Waals surface area (Å²) in [5.74, 6) is -0.484. The number of aromatic amines is 2. The molecule has 3 aromatic rings. The number of amides is 1. The van der Waals surface area contributed by atoms with Crippen LogP contribution in [-0.4, -0.2) is 27.9 Å². The van der Waals surface area contributed by atoms with Gasteiger partial charge in [-0.15, -0.1) is 0 Å². The highest BCUT2D eigenvalue weighted by molar-refractivity contribution is 5.98. The summed E-state index contributed by atoms with van der Waals surface area (Å²) in [5.41, 5.74) is 3.92. The Morgan fingerprint density at radius 1 is 0.900 bits per heavy atom. The molecule has 7 heteroatoms. The molecule has 3 rings (SSSR count). The second-order valence-electron chi connectivity index (χ2n) is 8.03. The van der Waals surface area contributed by atoms with E-state index in [-0.39, 0.29) is 11.6 Å². The standard InChI is InChI=1S/C23H27N3O4/c1-12(2)15-6-8-17(18(10-15)13(3)4)22(28)30-14(5)21(27)24-16-7-9-19-20(11-16)26-23(29)25-19/h6-14H,1-5H3,(H,24,27)(H2,25,26,29)/t14-/m0/s1.